The summed E-state index contributed by atoms with van der Waals surface area (Å²) in [5.41, 5.74) is 4.66. The molecule has 4 aromatic rings. The molecule has 1 aliphatic rings. The van der Waals surface area contributed by atoms with Gasteiger partial charge < -0.3 is 9.88 Å². The normalized spacial score (nSPS) is 18.9. The van der Waals surface area contributed by atoms with Crippen molar-refractivity contribution in [2.45, 2.75) is 18.5 Å². The van der Waals surface area contributed by atoms with Crippen LogP contribution >= 0.6 is 27.5 Å². The molecule has 3 aromatic carbocycles. The third kappa shape index (κ3) is 3.03. The summed E-state index contributed by atoms with van der Waals surface area (Å²) in [5, 5.41) is 4.39. The first-order valence-corrected chi connectivity index (χ1v) is 10.1. The van der Waals surface area contributed by atoms with Crippen LogP contribution in [-0.4, -0.2) is 9.55 Å². The molecule has 1 aromatic heterocycles. The van der Waals surface area contributed by atoms with Gasteiger partial charge in [0.15, 0.2) is 0 Å². The van der Waals surface area contributed by atoms with E-state index in [0.717, 1.165) is 32.9 Å². The minimum absolute atomic E-state index is 0.176. The van der Waals surface area contributed by atoms with Crippen LogP contribution in [0.15, 0.2) is 77.3 Å². The second-order valence-corrected chi connectivity index (χ2v) is 8.20. The Kier molecular flexibility index (Phi) is 4.18. The molecule has 5 heteroatoms. The van der Waals surface area contributed by atoms with Crippen molar-refractivity contribution in [3.8, 4) is 0 Å². The standard InChI is InChI=1S/C22H17BrClN3/c23-16-5-3-4-15(12-16)21-13-19(14-8-10-17(24)11-9-14)26-22-25-18-6-1-2-7-20(18)27(21)22/h1-12,19,21H,13H2,(H,25,26)/t19-,21+/m1/s1. The summed E-state index contributed by atoms with van der Waals surface area (Å²) in [6, 6.07) is 25.3. The van der Waals surface area contributed by atoms with Crippen molar-refractivity contribution >= 4 is 44.5 Å². The lowest BCUT2D eigenvalue weighted by molar-refractivity contribution is 0.477. The van der Waals surface area contributed by atoms with Crippen LogP contribution in [0.25, 0.3) is 11.0 Å². The Labute approximate surface area is 171 Å². The van der Waals surface area contributed by atoms with Crippen LogP contribution in [0, 0.1) is 0 Å². The summed E-state index contributed by atoms with van der Waals surface area (Å²) >= 11 is 9.71. The first-order chi connectivity index (χ1) is 13.2. The fraction of sp³-hybridized carbons (Fsp3) is 0.136. The highest BCUT2D eigenvalue weighted by Gasteiger charge is 2.31. The summed E-state index contributed by atoms with van der Waals surface area (Å²) < 4.78 is 3.41. The van der Waals surface area contributed by atoms with Crippen molar-refractivity contribution < 1.29 is 0 Å². The van der Waals surface area contributed by atoms with Crippen molar-refractivity contribution in [3.63, 3.8) is 0 Å². The number of imidazole rings is 1. The predicted octanol–water partition coefficient (Wildman–Crippen LogP) is 6.60. The van der Waals surface area contributed by atoms with Crippen LogP contribution < -0.4 is 5.32 Å². The molecule has 134 valence electrons. The van der Waals surface area contributed by atoms with Gasteiger partial charge in [-0.05, 0) is 53.9 Å². The Morgan fingerprint density at radius 3 is 2.59 bits per heavy atom. The number of benzene rings is 3. The number of anilines is 1. The van der Waals surface area contributed by atoms with Crippen molar-refractivity contribution in [1.82, 2.24) is 9.55 Å². The molecule has 0 saturated carbocycles. The number of hydrogen-bond donors (Lipinski definition) is 1. The second-order valence-electron chi connectivity index (χ2n) is 6.85. The Hall–Kier alpha value is -2.30. The number of para-hydroxylation sites is 2. The van der Waals surface area contributed by atoms with Crippen molar-refractivity contribution in [3.05, 3.63) is 93.4 Å². The van der Waals surface area contributed by atoms with Gasteiger partial charge in [0.25, 0.3) is 0 Å². The van der Waals surface area contributed by atoms with Gasteiger partial charge in [-0.1, -0.05) is 63.9 Å². The molecule has 1 aliphatic heterocycles. The van der Waals surface area contributed by atoms with Gasteiger partial charge in [0.1, 0.15) is 0 Å². The number of aromatic nitrogens is 2. The highest BCUT2D eigenvalue weighted by molar-refractivity contribution is 9.10. The topological polar surface area (TPSA) is 29.9 Å². The molecule has 2 heterocycles. The van der Waals surface area contributed by atoms with E-state index < -0.39 is 0 Å². The van der Waals surface area contributed by atoms with Crippen LogP contribution in [0.1, 0.15) is 29.6 Å². The van der Waals surface area contributed by atoms with Crippen LogP contribution in [-0.2, 0) is 0 Å². The number of rotatable bonds is 2. The Bertz CT molecular complexity index is 1120. The van der Waals surface area contributed by atoms with E-state index in [1.807, 2.05) is 18.2 Å². The zero-order valence-electron chi connectivity index (χ0n) is 14.4. The second kappa shape index (κ2) is 6.70. The predicted molar refractivity (Wildman–Crippen MR) is 114 cm³/mol. The number of nitrogens with one attached hydrogen (secondary N) is 1. The molecule has 0 radical (unpaired) electrons. The maximum absolute atomic E-state index is 6.08. The van der Waals surface area contributed by atoms with Crippen LogP contribution in [0.5, 0.6) is 0 Å². The fourth-order valence-electron chi connectivity index (χ4n) is 3.92. The fourth-order valence-corrected chi connectivity index (χ4v) is 4.46. The molecule has 0 saturated heterocycles. The molecular weight excluding hydrogens is 422 g/mol. The maximum atomic E-state index is 6.08. The average Bonchev–Trinajstić information content (AvgIpc) is 3.06. The Balaban J connectivity index is 1.67. The van der Waals surface area contributed by atoms with Crippen LogP contribution in [0.3, 0.4) is 0 Å². The number of halogens is 2. The zero-order chi connectivity index (χ0) is 18.4. The van der Waals surface area contributed by atoms with Crippen LogP contribution in [0.2, 0.25) is 5.02 Å². The van der Waals surface area contributed by atoms with Crippen molar-refractivity contribution in [2.24, 2.45) is 0 Å². The minimum atomic E-state index is 0.176. The first kappa shape index (κ1) is 16.8. The highest BCUT2D eigenvalue weighted by atomic mass is 79.9. The summed E-state index contributed by atoms with van der Waals surface area (Å²) in [7, 11) is 0. The average molecular weight is 439 g/mol. The molecule has 2 atom stereocenters. The molecule has 3 nitrogen and oxygen atoms in total. The SMILES string of the molecule is Clc1ccc([C@H]2C[C@@H](c3cccc(Br)c3)n3c(nc4ccccc43)N2)cc1. The van der Waals surface area contributed by atoms with Gasteiger partial charge in [0.2, 0.25) is 5.95 Å². The van der Waals surface area contributed by atoms with Gasteiger partial charge in [-0.15, -0.1) is 0 Å². The van der Waals surface area contributed by atoms with Crippen molar-refractivity contribution in [1.29, 1.82) is 0 Å². The summed E-state index contributed by atoms with van der Waals surface area (Å²) in [6.45, 7) is 0. The lowest BCUT2D eigenvalue weighted by atomic mass is 9.93. The molecule has 0 unspecified atom stereocenters. The van der Waals surface area contributed by atoms with Gasteiger partial charge in [-0.25, -0.2) is 4.98 Å². The molecule has 0 aliphatic carbocycles. The Morgan fingerprint density at radius 2 is 1.78 bits per heavy atom. The van der Waals surface area contributed by atoms with E-state index in [1.165, 1.54) is 11.1 Å². The number of nitrogens with zero attached hydrogens (tertiary/aromatic N) is 2. The van der Waals surface area contributed by atoms with E-state index in [2.05, 4.69) is 80.4 Å². The minimum Gasteiger partial charge on any atom is -0.349 e. The van der Waals surface area contributed by atoms with Crippen LogP contribution in [0.4, 0.5) is 5.95 Å². The van der Waals surface area contributed by atoms with E-state index in [4.69, 9.17) is 16.6 Å². The molecule has 5 rings (SSSR count). The molecule has 0 bridgehead atoms. The molecule has 0 spiro atoms. The summed E-state index contributed by atoms with van der Waals surface area (Å²) in [6.07, 6.45) is 0.936. The van der Waals surface area contributed by atoms with E-state index >= 15 is 0 Å². The lowest BCUT2D eigenvalue weighted by Gasteiger charge is -2.33. The lowest BCUT2D eigenvalue weighted by Crippen LogP contribution is -2.27. The molecule has 0 amide bonds. The molecule has 27 heavy (non-hydrogen) atoms. The van der Waals surface area contributed by atoms with E-state index in [1.54, 1.807) is 0 Å². The van der Waals surface area contributed by atoms with Gasteiger partial charge in [0, 0.05) is 9.50 Å². The van der Waals surface area contributed by atoms with Gasteiger partial charge in [-0.2, -0.15) is 0 Å². The van der Waals surface area contributed by atoms with Gasteiger partial charge in [0.05, 0.1) is 23.1 Å². The third-order valence-electron chi connectivity index (χ3n) is 5.18. The zero-order valence-corrected chi connectivity index (χ0v) is 16.8. The van der Waals surface area contributed by atoms with E-state index in [0.29, 0.717) is 0 Å². The van der Waals surface area contributed by atoms with E-state index in [-0.39, 0.29) is 12.1 Å². The maximum Gasteiger partial charge on any atom is 0.204 e. The third-order valence-corrected chi connectivity index (χ3v) is 5.92. The largest absolute Gasteiger partial charge is 0.349 e. The summed E-state index contributed by atoms with van der Waals surface area (Å²) in [4.78, 5) is 4.86. The first-order valence-electron chi connectivity index (χ1n) is 8.93. The molecule has 0 fully saturated rings. The number of hydrogen-bond acceptors (Lipinski definition) is 2. The van der Waals surface area contributed by atoms with E-state index in [9.17, 15) is 0 Å². The van der Waals surface area contributed by atoms with Gasteiger partial charge >= 0.3 is 0 Å². The number of fused-ring (bicyclic) bond motifs is 3. The summed E-state index contributed by atoms with van der Waals surface area (Å²) in [5.74, 6) is 0.910. The molecule has 1 N–H and O–H groups in total. The highest BCUT2D eigenvalue weighted by Crippen LogP contribution is 2.41. The quantitative estimate of drug-likeness (QED) is 0.382. The smallest absolute Gasteiger partial charge is 0.204 e. The van der Waals surface area contributed by atoms with Crippen molar-refractivity contribution in [2.75, 3.05) is 5.32 Å². The van der Waals surface area contributed by atoms with Gasteiger partial charge in [-0.3, -0.25) is 0 Å². The molecular formula is C22H17BrClN3. The monoisotopic (exact) mass is 437 g/mol. The Morgan fingerprint density at radius 1 is 0.963 bits per heavy atom.